The number of carbonyl (C=O) groups is 1. The van der Waals surface area contributed by atoms with Crippen LogP contribution >= 0.6 is 24.8 Å². The predicted molar refractivity (Wildman–Crippen MR) is 134 cm³/mol. The van der Waals surface area contributed by atoms with E-state index in [1.807, 2.05) is 38.1 Å². The van der Waals surface area contributed by atoms with Crippen LogP contribution in [0.5, 0.6) is 0 Å². The molecule has 0 unspecified atom stereocenters. The normalized spacial score (nSPS) is 10.3. The number of anilines is 1. The van der Waals surface area contributed by atoms with E-state index in [9.17, 15) is 9.18 Å². The average molecular weight is 478 g/mol. The summed E-state index contributed by atoms with van der Waals surface area (Å²) in [4.78, 5) is 17.7. The molecule has 0 aliphatic rings. The van der Waals surface area contributed by atoms with Crippen molar-refractivity contribution in [2.75, 3.05) is 5.32 Å². The number of halogens is 3. The molecular formula is C25H30Cl2FN3O. The summed E-state index contributed by atoms with van der Waals surface area (Å²) >= 11 is 0. The Labute approximate surface area is 201 Å². The second kappa shape index (κ2) is 12.0. The standard InChI is InChI=1S/C25H28FN3O.2ClH/c1-15(2)13-22-21(14-27)23(18-7-5-16(3)6-8-18)24(17(4)28-22)29-25(30)19-9-11-20(26)12-10-19;;/h5-12,15H,13-14,27H2,1-4H3,(H,29,30);2*1H. The van der Waals surface area contributed by atoms with Gasteiger partial charge in [-0.2, -0.15) is 0 Å². The summed E-state index contributed by atoms with van der Waals surface area (Å²) in [6.45, 7) is 8.53. The average Bonchev–Trinajstić information content (AvgIpc) is 2.70. The zero-order valence-corrected chi connectivity index (χ0v) is 20.4. The molecule has 1 aromatic heterocycles. The van der Waals surface area contributed by atoms with Gasteiger partial charge in [-0.15, -0.1) is 24.8 Å². The molecule has 172 valence electrons. The second-order valence-corrected chi connectivity index (χ2v) is 8.00. The molecule has 0 aliphatic heterocycles. The van der Waals surface area contributed by atoms with E-state index in [4.69, 9.17) is 10.7 Å². The summed E-state index contributed by atoms with van der Waals surface area (Å²) in [5.74, 6) is -0.270. The van der Waals surface area contributed by atoms with Gasteiger partial charge in [0.15, 0.2) is 0 Å². The molecular weight excluding hydrogens is 448 g/mol. The van der Waals surface area contributed by atoms with Crippen LogP contribution < -0.4 is 11.1 Å². The first-order valence-corrected chi connectivity index (χ1v) is 10.2. The third-order valence-electron chi connectivity index (χ3n) is 5.06. The van der Waals surface area contributed by atoms with Gasteiger partial charge in [-0.05, 0) is 61.6 Å². The number of nitrogens with zero attached hydrogens (tertiary/aromatic N) is 1. The van der Waals surface area contributed by atoms with Gasteiger partial charge in [0.05, 0.1) is 11.4 Å². The maximum absolute atomic E-state index is 13.3. The smallest absolute Gasteiger partial charge is 0.255 e. The lowest BCUT2D eigenvalue weighted by atomic mass is 9.92. The van der Waals surface area contributed by atoms with Crippen molar-refractivity contribution >= 4 is 36.4 Å². The summed E-state index contributed by atoms with van der Waals surface area (Å²) in [6.07, 6.45) is 0.804. The largest absolute Gasteiger partial charge is 0.326 e. The SMILES string of the molecule is Cc1ccc(-c2c(CN)c(CC(C)C)nc(C)c2NC(=O)c2ccc(F)cc2)cc1.Cl.Cl. The van der Waals surface area contributed by atoms with Crippen molar-refractivity contribution in [3.05, 3.63) is 82.4 Å². The van der Waals surface area contributed by atoms with Gasteiger partial charge in [0.2, 0.25) is 0 Å². The molecule has 0 saturated heterocycles. The fourth-order valence-corrected chi connectivity index (χ4v) is 3.56. The molecule has 0 aliphatic carbocycles. The van der Waals surface area contributed by atoms with E-state index >= 15 is 0 Å². The molecule has 7 heteroatoms. The van der Waals surface area contributed by atoms with E-state index < -0.39 is 0 Å². The van der Waals surface area contributed by atoms with E-state index in [0.29, 0.717) is 23.7 Å². The van der Waals surface area contributed by atoms with Crippen molar-refractivity contribution in [2.45, 2.75) is 40.7 Å². The van der Waals surface area contributed by atoms with Gasteiger partial charge in [-0.25, -0.2) is 4.39 Å². The number of aryl methyl sites for hydroxylation is 2. The third-order valence-corrected chi connectivity index (χ3v) is 5.06. The predicted octanol–water partition coefficient (Wildman–Crippen LogP) is 6.26. The van der Waals surface area contributed by atoms with Gasteiger partial charge >= 0.3 is 0 Å². The molecule has 4 nitrogen and oxygen atoms in total. The highest BCUT2D eigenvalue weighted by Crippen LogP contribution is 2.36. The number of nitrogens with one attached hydrogen (secondary N) is 1. The van der Waals surface area contributed by atoms with Crippen molar-refractivity contribution in [3.63, 3.8) is 0 Å². The fraction of sp³-hybridized carbons (Fsp3) is 0.280. The zero-order valence-electron chi connectivity index (χ0n) is 18.7. The molecule has 0 fully saturated rings. The third kappa shape index (κ3) is 6.28. The minimum Gasteiger partial charge on any atom is -0.326 e. The lowest BCUT2D eigenvalue weighted by Crippen LogP contribution is -2.18. The van der Waals surface area contributed by atoms with Gasteiger partial charge in [-0.3, -0.25) is 9.78 Å². The number of hydrogen-bond donors (Lipinski definition) is 2. The van der Waals surface area contributed by atoms with Crippen LogP contribution in [0, 0.1) is 25.6 Å². The van der Waals surface area contributed by atoms with Crippen molar-refractivity contribution in [3.8, 4) is 11.1 Å². The number of aromatic nitrogens is 1. The molecule has 0 bridgehead atoms. The van der Waals surface area contributed by atoms with Gasteiger partial charge < -0.3 is 11.1 Å². The van der Waals surface area contributed by atoms with E-state index in [1.165, 1.54) is 24.3 Å². The Bertz CT molecular complexity index is 1050. The van der Waals surface area contributed by atoms with Gasteiger partial charge in [0, 0.05) is 23.4 Å². The maximum atomic E-state index is 13.3. The van der Waals surface area contributed by atoms with Crippen LogP contribution in [0.4, 0.5) is 10.1 Å². The Morgan fingerprint density at radius 2 is 1.62 bits per heavy atom. The van der Waals surface area contributed by atoms with Gasteiger partial charge in [0.1, 0.15) is 5.82 Å². The van der Waals surface area contributed by atoms with E-state index in [-0.39, 0.29) is 36.5 Å². The summed E-state index contributed by atoms with van der Waals surface area (Å²) < 4.78 is 13.3. The van der Waals surface area contributed by atoms with Crippen LogP contribution in [0.3, 0.4) is 0 Å². The summed E-state index contributed by atoms with van der Waals surface area (Å²) in [7, 11) is 0. The van der Waals surface area contributed by atoms with Crippen molar-refractivity contribution in [2.24, 2.45) is 11.7 Å². The lowest BCUT2D eigenvalue weighted by molar-refractivity contribution is 0.102. The number of benzene rings is 2. The molecule has 32 heavy (non-hydrogen) atoms. The maximum Gasteiger partial charge on any atom is 0.255 e. The highest BCUT2D eigenvalue weighted by Gasteiger charge is 2.21. The Hall–Kier alpha value is -2.47. The van der Waals surface area contributed by atoms with Crippen LogP contribution in [0.15, 0.2) is 48.5 Å². The Balaban J connectivity index is 0.00000256. The summed E-state index contributed by atoms with van der Waals surface area (Å²) in [6, 6.07) is 13.6. The quantitative estimate of drug-likeness (QED) is 0.440. The molecule has 3 aromatic rings. The number of amides is 1. The zero-order chi connectivity index (χ0) is 21.8. The fourth-order valence-electron chi connectivity index (χ4n) is 3.56. The van der Waals surface area contributed by atoms with Crippen molar-refractivity contribution in [1.29, 1.82) is 0 Å². The first kappa shape index (κ1) is 27.6. The second-order valence-electron chi connectivity index (χ2n) is 8.00. The van der Waals surface area contributed by atoms with Crippen LogP contribution in [0.1, 0.15) is 46.7 Å². The Morgan fingerprint density at radius 1 is 1.03 bits per heavy atom. The number of pyridine rings is 1. The minimum absolute atomic E-state index is 0. The van der Waals surface area contributed by atoms with Crippen molar-refractivity contribution < 1.29 is 9.18 Å². The topological polar surface area (TPSA) is 68.0 Å². The number of nitrogens with two attached hydrogens (primary N) is 1. The van der Waals surface area contributed by atoms with Crippen LogP contribution in [-0.2, 0) is 13.0 Å². The summed E-state index contributed by atoms with van der Waals surface area (Å²) in [5, 5.41) is 3.00. The Kier molecular flexibility index (Phi) is 10.3. The number of carbonyl (C=O) groups excluding carboxylic acids is 1. The van der Waals surface area contributed by atoms with E-state index in [2.05, 4.69) is 19.2 Å². The first-order chi connectivity index (χ1) is 14.3. The monoisotopic (exact) mass is 477 g/mol. The van der Waals surface area contributed by atoms with Crippen LogP contribution in [-0.4, -0.2) is 10.9 Å². The summed E-state index contributed by atoms with van der Waals surface area (Å²) in [5.41, 5.74) is 12.9. The molecule has 0 atom stereocenters. The highest BCUT2D eigenvalue weighted by atomic mass is 35.5. The molecule has 1 amide bonds. The molecule has 1 heterocycles. The number of hydrogen-bond acceptors (Lipinski definition) is 3. The lowest BCUT2D eigenvalue weighted by Gasteiger charge is -2.21. The molecule has 0 saturated carbocycles. The van der Waals surface area contributed by atoms with Gasteiger partial charge in [0.25, 0.3) is 5.91 Å². The molecule has 3 rings (SSSR count). The van der Waals surface area contributed by atoms with E-state index in [1.54, 1.807) is 0 Å². The highest BCUT2D eigenvalue weighted by molar-refractivity contribution is 6.07. The number of rotatable bonds is 6. The molecule has 0 spiro atoms. The molecule has 2 aromatic carbocycles. The van der Waals surface area contributed by atoms with Crippen molar-refractivity contribution in [1.82, 2.24) is 4.98 Å². The van der Waals surface area contributed by atoms with Gasteiger partial charge in [-0.1, -0.05) is 43.7 Å². The molecule has 3 N–H and O–H groups in total. The first-order valence-electron chi connectivity index (χ1n) is 10.2. The van der Waals surface area contributed by atoms with Crippen LogP contribution in [0.2, 0.25) is 0 Å². The van der Waals surface area contributed by atoms with E-state index in [0.717, 1.165) is 40.1 Å². The minimum atomic E-state index is -0.381. The molecule has 0 radical (unpaired) electrons. The Morgan fingerprint density at radius 3 is 2.16 bits per heavy atom. The van der Waals surface area contributed by atoms with Crippen LogP contribution in [0.25, 0.3) is 11.1 Å².